The molecule has 1 aliphatic heterocycles. The van der Waals surface area contributed by atoms with Crippen molar-refractivity contribution in [1.82, 2.24) is 4.90 Å². The molecule has 2 amide bonds. The average Bonchev–Trinajstić information content (AvgIpc) is 2.65. The highest BCUT2D eigenvalue weighted by Gasteiger charge is 2.30. The third-order valence-electron chi connectivity index (χ3n) is 3.05. The fourth-order valence-corrected chi connectivity index (χ4v) is 1.95. The molecular formula is C13H13N3O3. The van der Waals surface area contributed by atoms with Gasteiger partial charge in [-0.1, -0.05) is 11.6 Å². The number of hydrogen-bond acceptors (Lipinski definition) is 4. The van der Waals surface area contributed by atoms with E-state index < -0.39 is 0 Å². The fraction of sp³-hybridized carbons (Fsp3) is 0.231. The minimum Gasteiger partial charge on any atom is -0.278 e. The van der Waals surface area contributed by atoms with Crippen molar-refractivity contribution in [2.75, 3.05) is 19.1 Å². The summed E-state index contributed by atoms with van der Waals surface area (Å²) >= 11 is 0. The maximum Gasteiger partial charge on any atom is 0.261 e. The van der Waals surface area contributed by atoms with Crippen molar-refractivity contribution in [2.24, 2.45) is 5.29 Å². The largest absolute Gasteiger partial charge is 0.278 e. The second-order valence-corrected chi connectivity index (χ2v) is 4.39. The van der Waals surface area contributed by atoms with Gasteiger partial charge in [0.15, 0.2) is 0 Å². The zero-order valence-electron chi connectivity index (χ0n) is 10.9. The fourth-order valence-electron chi connectivity index (χ4n) is 1.95. The van der Waals surface area contributed by atoms with E-state index in [4.69, 9.17) is 0 Å². The van der Waals surface area contributed by atoms with Crippen LogP contribution >= 0.6 is 0 Å². The summed E-state index contributed by atoms with van der Waals surface area (Å²) in [5.74, 6) is -0.745. The third-order valence-corrected chi connectivity index (χ3v) is 3.05. The number of amides is 2. The van der Waals surface area contributed by atoms with Gasteiger partial charge in [-0.15, -0.1) is 4.91 Å². The summed E-state index contributed by atoms with van der Waals surface area (Å²) in [5, 5.41) is 3.96. The average molecular weight is 259 g/mol. The van der Waals surface area contributed by atoms with Gasteiger partial charge in [0.05, 0.1) is 16.5 Å². The molecule has 2 rings (SSSR count). The predicted molar refractivity (Wildman–Crippen MR) is 71.1 cm³/mol. The van der Waals surface area contributed by atoms with Gasteiger partial charge in [0.1, 0.15) is 0 Å². The van der Waals surface area contributed by atoms with Gasteiger partial charge in [-0.05, 0) is 19.1 Å². The molecule has 0 spiro atoms. The Morgan fingerprint density at radius 1 is 1.26 bits per heavy atom. The second kappa shape index (κ2) is 4.64. The molecule has 0 N–H and O–H groups in total. The first-order valence-electron chi connectivity index (χ1n) is 5.67. The van der Waals surface area contributed by atoms with Crippen LogP contribution in [-0.2, 0) is 9.59 Å². The zero-order valence-corrected chi connectivity index (χ0v) is 10.9. The molecule has 0 unspecified atom stereocenters. The molecule has 98 valence electrons. The normalized spacial score (nSPS) is 14.7. The summed E-state index contributed by atoms with van der Waals surface area (Å²) in [7, 11) is 2.91. The summed E-state index contributed by atoms with van der Waals surface area (Å²) in [5.41, 5.74) is 2.23. The van der Waals surface area contributed by atoms with Crippen LogP contribution in [0.2, 0.25) is 0 Å². The summed E-state index contributed by atoms with van der Waals surface area (Å²) in [6, 6.07) is 5.27. The standard InChI is InChI=1S/C13H13N3O3/c1-8-4-5-11(16(3)14-19)9(6-8)10-7-12(17)15(2)13(10)18/h4-7H,1-3H3. The van der Waals surface area contributed by atoms with Crippen molar-refractivity contribution in [1.29, 1.82) is 0 Å². The molecule has 0 saturated carbocycles. The van der Waals surface area contributed by atoms with Crippen LogP contribution in [0.1, 0.15) is 11.1 Å². The highest BCUT2D eigenvalue weighted by atomic mass is 16.3. The van der Waals surface area contributed by atoms with E-state index in [1.165, 1.54) is 20.2 Å². The molecule has 0 bridgehead atoms. The number of imide groups is 1. The molecule has 1 aromatic carbocycles. The zero-order chi connectivity index (χ0) is 14.2. The lowest BCUT2D eigenvalue weighted by molar-refractivity contribution is -0.134. The first kappa shape index (κ1) is 12.9. The van der Waals surface area contributed by atoms with Gasteiger partial charge in [0.2, 0.25) is 0 Å². The molecule has 6 heteroatoms. The van der Waals surface area contributed by atoms with E-state index in [2.05, 4.69) is 5.29 Å². The van der Waals surface area contributed by atoms with Gasteiger partial charge in [0, 0.05) is 25.7 Å². The quantitative estimate of drug-likeness (QED) is 0.468. The minimum atomic E-state index is -0.379. The number of carbonyl (C=O) groups is 2. The van der Waals surface area contributed by atoms with Gasteiger partial charge in [0.25, 0.3) is 11.8 Å². The molecule has 0 fully saturated rings. The number of benzene rings is 1. The molecule has 0 radical (unpaired) electrons. The van der Waals surface area contributed by atoms with Gasteiger partial charge in [-0.2, -0.15) is 0 Å². The maximum absolute atomic E-state index is 12.0. The maximum atomic E-state index is 12.0. The summed E-state index contributed by atoms with van der Waals surface area (Å²) in [6.07, 6.45) is 1.28. The third kappa shape index (κ3) is 2.12. The van der Waals surface area contributed by atoms with Crippen LogP contribution in [0.5, 0.6) is 0 Å². The Morgan fingerprint density at radius 3 is 2.47 bits per heavy atom. The first-order valence-corrected chi connectivity index (χ1v) is 5.67. The molecule has 1 aromatic rings. The van der Waals surface area contributed by atoms with Crippen LogP contribution in [-0.4, -0.2) is 30.8 Å². The Morgan fingerprint density at radius 2 is 1.95 bits per heavy atom. The van der Waals surface area contributed by atoms with Gasteiger partial charge >= 0.3 is 0 Å². The lowest BCUT2D eigenvalue weighted by Crippen LogP contribution is -2.26. The van der Waals surface area contributed by atoms with Crippen molar-refractivity contribution >= 4 is 23.1 Å². The van der Waals surface area contributed by atoms with Crippen molar-refractivity contribution in [3.63, 3.8) is 0 Å². The number of hydrogen-bond donors (Lipinski definition) is 0. The second-order valence-electron chi connectivity index (χ2n) is 4.39. The van der Waals surface area contributed by atoms with E-state index in [9.17, 15) is 14.5 Å². The Hall–Kier alpha value is -2.50. The number of rotatable bonds is 3. The molecule has 1 aliphatic rings. The van der Waals surface area contributed by atoms with Crippen LogP contribution in [0.4, 0.5) is 5.69 Å². The van der Waals surface area contributed by atoms with Crippen LogP contribution in [0.25, 0.3) is 5.57 Å². The molecule has 0 aromatic heterocycles. The Bertz CT molecular complexity index is 607. The van der Waals surface area contributed by atoms with Crippen molar-refractivity contribution in [3.05, 3.63) is 40.3 Å². The number of carbonyl (C=O) groups excluding carboxylic acids is 2. The van der Waals surface area contributed by atoms with E-state index in [1.807, 2.05) is 13.0 Å². The molecule has 0 atom stereocenters. The smallest absolute Gasteiger partial charge is 0.261 e. The van der Waals surface area contributed by atoms with E-state index >= 15 is 0 Å². The van der Waals surface area contributed by atoms with Crippen molar-refractivity contribution in [2.45, 2.75) is 6.92 Å². The van der Waals surface area contributed by atoms with Crippen LogP contribution in [0, 0.1) is 11.8 Å². The summed E-state index contributed by atoms with van der Waals surface area (Å²) in [6.45, 7) is 1.87. The molecule has 19 heavy (non-hydrogen) atoms. The minimum absolute atomic E-state index is 0.279. The summed E-state index contributed by atoms with van der Waals surface area (Å²) in [4.78, 5) is 35.2. The Balaban J connectivity index is 2.59. The van der Waals surface area contributed by atoms with Gasteiger partial charge in [-0.3, -0.25) is 14.5 Å². The number of nitrogens with zero attached hydrogens (tertiary/aromatic N) is 3. The van der Waals surface area contributed by atoms with E-state index in [1.54, 1.807) is 12.1 Å². The highest BCUT2D eigenvalue weighted by Crippen LogP contribution is 2.31. The topological polar surface area (TPSA) is 70.1 Å². The lowest BCUT2D eigenvalue weighted by Gasteiger charge is -2.15. The monoisotopic (exact) mass is 259 g/mol. The Labute approximate surface area is 110 Å². The van der Waals surface area contributed by atoms with E-state index in [0.29, 0.717) is 11.3 Å². The Kier molecular flexibility index (Phi) is 3.16. The summed E-state index contributed by atoms with van der Waals surface area (Å²) < 4.78 is 0. The number of nitroso groups, excluding NO2 is 1. The van der Waals surface area contributed by atoms with Crippen LogP contribution in [0.15, 0.2) is 29.6 Å². The highest BCUT2D eigenvalue weighted by molar-refractivity contribution is 6.34. The lowest BCUT2D eigenvalue weighted by atomic mass is 10.0. The van der Waals surface area contributed by atoms with E-state index in [-0.39, 0.29) is 17.4 Å². The van der Waals surface area contributed by atoms with Crippen molar-refractivity contribution in [3.8, 4) is 0 Å². The van der Waals surface area contributed by atoms with Gasteiger partial charge in [-0.25, -0.2) is 5.01 Å². The predicted octanol–water partition coefficient (Wildman–Crippen LogP) is 1.49. The van der Waals surface area contributed by atoms with Crippen molar-refractivity contribution < 1.29 is 9.59 Å². The molecule has 6 nitrogen and oxygen atoms in total. The first-order chi connectivity index (χ1) is 8.95. The van der Waals surface area contributed by atoms with Crippen LogP contribution < -0.4 is 5.01 Å². The molecule has 0 aliphatic carbocycles. The molecule has 0 saturated heterocycles. The van der Waals surface area contributed by atoms with Crippen LogP contribution in [0.3, 0.4) is 0 Å². The molecular weight excluding hydrogens is 246 g/mol. The number of likely N-dealkylation sites (N-methyl/N-ethyl adjacent to an activating group) is 1. The number of aryl methyl sites for hydroxylation is 1. The van der Waals surface area contributed by atoms with Gasteiger partial charge < -0.3 is 0 Å². The SMILES string of the molecule is Cc1ccc(N(C)N=O)c(C2=CC(=O)N(C)C2=O)c1. The number of anilines is 1. The van der Waals surface area contributed by atoms with E-state index in [0.717, 1.165) is 15.5 Å². The molecule has 1 heterocycles.